The molecule has 0 saturated heterocycles. The van der Waals surface area contributed by atoms with Gasteiger partial charge in [0.05, 0.1) is 34.4 Å². The van der Waals surface area contributed by atoms with Crippen LogP contribution in [0.2, 0.25) is 0 Å². The molecule has 0 fully saturated rings. The number of unbranched alkanes of at least 4 members (excludes halogenated alkanes) is 65. The highest BCUT2D eigenvalue weighted by molar-refractivity contribution is 5.71. The van der Waals surface area contributed by atoms with Crippen molar-refractivity contribution in [2.45, 2.75) is 476 Å². The van der Waals surface area contributed by atoms with Crippen molar-refractivity contribution in [1.82, 2.24) is 0 Å². The zero-order chi connectivity index (χ0) is 69.0. The summed E-state index contributed by atoms with van der Waals surface area (Å²) in [6, 6.07) is 0. The maximum absolute atomic E-state index is 13.0. The molecule has 2 unspecified atom stereocenters. The summed E-state index contributed by atoms with van der Waals surface area (Å²) in [7, 11) is 6.01. The van der Waals surface area contributed by atoms with Gasteiger partial charge in [-0.25, -0.2) is 4.79 Å². The summed E-state index contributed by atoms with van der Waals surface area (Å²) in [5.74, 6) is -1.96. The number of allylic oxidation sites excluding steroid dienone is 2. The highest BCUT2D eigenvalue weighted by atomic mass is 16.7. The van der Waals surface area contributed by atoms with Gasteiger partial charge in [-0.1, -0.05) is 424 Å². The first-order chi connectivity index (χ1) is 46.6. The zero-order valence-corrected chi connectivity index (χ0v) is 64.9. The van der Waals surface area contributed by atoms with Gasteiger partial charge >= 0.3 is 17.9 Å². The molecular weight excluding hydrogens is 1170 g/mol. The van der Waals surface area contributed by atoms with E-state index >= 15 is 0 Å². The van der Waals surface area contributed by atoms with Gasteiger partial charge in [-0.3, -0.25) is 9.59 Å². The Morgan fingerprint density at radius 1 is 0.305 bits per heavy atom. The van der Waals surface area contributed by atoms with Crippen molar-refractivity contribution in [2.24, 2.45) is 0 Å². The molecule has 0 aromatic heterocycles. The number of carboxylic acid groups (broad SMARTS) is 1. The van der Waals surface area contributed by atoms with Crippen LogP contribution in [0.15, 0.2) is 12.2 Å². The van der Waals surface area contributed by atoms with Gasteiger partial charge in [-0.2, -0.15) is 0 Å². The second kappa shape index (κ2) is 77.8. The van der Waals surface area contributed by atoms with Crippen LogP contribution in [0.1, 0.15) is 463 Å². The van der Waals surface area contributed by atoms with Crippen molar-refractivity contribution in [2.75, 3.05) is 47.5 Å². The Morgan fingerprint density at radius 2 is 0.537 bits per heavy atom. The van der Waals surface area contributed by atoms with E-state index < -0.39 is 18.4 Å². The summed E-state index contributed by atoms with van der Waals surface area (Å²) >= 11 is 0. The van der Waals surface area contributed by atoms with E-state index in [2.05, 4.69) is 26.0 Å². The van der Waals surface area contributed by atoms with Gasteiger partial charge in [0.25, 0.3) is 6.29 Å². The molecule has 0 aromatic rings. The van der Waals surface area contributed by atoms with E-state index in [1.807, 2.05) is 21.1 Å². The van der Waals surface area contributed by atoms with Gasteiger partial charge in [0.2, 0.25) is 0 Å². The smallest absolute Gasteiger partial charge is 0.361 e. The lowest BCUT2D eigenvalue weighted by molar-refractivity contribution is -0.870. The predicted octanol–water partition coefficient (Wildman–Crippen LogP) is 27.5. The third-order valence-corrected chi connectivity index (χ3v) is 20.0. The van der Waals surface area contributed by atoms with E-state index in [-0.39, 0.29) is 38.2 Å². The minimum atomic E-state index is -1.51. The van der Waals surface area contributed by atoms with E-state index in [1.165, 1.54) is 398 Å². The maximum atomic E-state index is 13.0. The Bertz CT molecular complexity index is 1560. The Hall–Kier alpha value is -1.97. The summed E-state index contributed by atoms with van der Waals surface area (Å²) in [4.78, 5) is 37.8. The molecule has 0 bridgehead atoms. The van der Waals surface area contributed by atoms with Gasteiger partial charge in [0, 0.05) is 12.8 Å². The Morgan fingerprint density at radius 3 is 0.779 bits per heavy atom. The van der Waals surface area contributed by atoms with Crippen molar-refractivity contribution in [1.29, 1.82) is 0 Å². The third-order valence-electron chi connectivity index (χ3n) is 20.0. The van der Waals surface area contributed by atoms with Crippen molar-refractivity contribution >= 4 is 17.9 Å². The molecule has 0 aliphatic rings. The number of quaternary nitrogens is 1. The zero-order valence-electron chi connectivity index (χ0n) is 64.9. The molecule has 0 aromatic carbocycles. The summed E-state index contributed by atoms with van der Waals surface area (Å²) < 4.78 is 23.1. The highest BCUT2D eigenvalue weighted by Crippen LogP contribution is 2.21. The van der Waals surface area contributed by atoms with Crippen LogP contribution >= 0.6 is 0 Å². The third kappa shape index (κ3) is 79.2. The molecule has 0 amide bonds. The number of carboxylic acids is 1. The lowest BCUT2D eigenvalue weighted by Crippen LogP contribution is -2.40. The second-order valence-electron chi connectivity index (χ2n) is 30.9. The molecule has 0 aliphatic heterocycles. The SMILES string of the molecule is CCCCCCCCCC/C=C\CCCCCCCCCCCCCCCCCCCCCCCCCCCC(=O)OC(COC(=O)CCCCCCCCCCCCCCCCCCCCCCCCCCCCCCCCCCC)COC(OCC[N+](C)(C)C)C(=O)O. The van der Waals surface area contributed by atoms with Gasteiger partial charge < -0.3 is 28.5 Å². The normalized spacial score (nSPS) is 12.6. The summed E-state index contributed by atoms with van der Waals surface area (Å²) in [5, 5.41) is 9.78. The molecule has 0 spiro atoms. The van der Waals surface area contributed by atoms with E-state index in [0.717, 1.165) is 38.5 Å². The number of rotatable bonds is 82. The van der Waals surface area contributed by atoms with Crippen LogP contribution in [0.4, 0.5) is 0 Å². The molecular formula is C86H168NO8+. The number of carbonyl (C=O) groups excluding carboxylic acids is 2. The van der Waals surface area contributed by atoms with Crippen molar-refractivity contribution < 1.29 is 42.9 Å². The van der Waals surface area contributed by atoms with Crippen LogP contribution in [0, 0.1) is 0 Å². The number of carbonyl (C=O) groups is 3. The fourth-order valence-electron chi connectivity index (χ4n) is 13.5. The van der Waals surface area contributed by atoms with E-state index in [4.69, 9.17) is 18.9 Å². The van der Waals surface area contributed by atoms with Gasteiger partial charge in [0.1, 0.15) is 13.2 Å². The van der Waals surface area contributed by atoms with Crippen LogP contribution in [-0.2, 0) is 33.3 Å². The fourth-order valence-corrected chi connectivity index (χ4v) is 13.5. The van der Waals surface area contributed by atoms with E-state index in [9.17, 15) is 19.5 Å². The van der Waals surface area contributed by atoms with E-state index in [0.29, 0.717) is 17.4 Å². The molecule has 0 rings (SSSR count). The maximum Gasteiger partial charge on any atom is 0.361 e. The Labute approximate surface area is 593 Å². The van der Waals surface area contributed by atoms with Gasteiger partial charge in [-0.15, -0.1) is 0 Å². The Kier molecular flexibility index (Phi) is 76.1. The lowest BCUT2D eigenvalue weighted by Gasteiger charge is -2.25. The van der Waals surface area contributed by atoms with Crippen molar-refractivity contribution in [3.8, 4) is 0 Å². The average Bonchev–Trinajstić information content (AvgIpc) is 3.75. The number of ether oxygens (including phenoxy) is 4. The summed E-state index contributed by atoms with van der Waals surface area (Å²) in [6.45, 7) is 4.98. The fraction of sp³-hybridized carbons (Fsp3) is 0.942. The van der Waals surface area contributed by atoms with E-state index in [1.54, 1.807) is 0 Å². The first kappa shape index (κ1) is 93.0. The number of hydrogen-bond acceptors (Lipinski definition) is 7. The summed E-state index contributed by atoms with van der Waals surface area (Å²) in [6.07, 6.45) is 95.5. The molecule has 9 nitrogen and oxygen atoms in total. The van der Waals surface area contributed by atoms with Crippen LogP contribution < -0.4 is 0 Å². The van der Waals surface area contributed by atoms with Crippen molar-refractivity contribution in [3.05, 3.63) is 12.2 Å². The molecule has 0 heterocycles. The second-order valence-corrected chi connectivity index (χ2v) is 30.9. The van der Waals surface area contributed by atoms with Crippen molar-refractivity contribution in [3.63, 3.8) is 0 Å². The summed E-state index contributed by atoms with van der Waals surface area (Å²) in [5.41, 5.74) is 0. The minimum Gasteiger partial charge on any atom is -0.477 e. The Balaban J connectivity index is 3.91. The average molecular weight is 1340 g/mol. The van der Waals surface area contributed by atoms with Gasteiger partial charge in [-0.05, 0) is 38.5 Å². The van der Waals surface area contributed by atoms with Crippen LogP contribution in [0.5, 0.6) is 0 Å². The van der Waals surface area contributed by atoms with Gasteiger partial charge in [0.15, 0.2) is 6.10 Å². The molecule has 2 atom stereocenters. The monoisotopic (exact) mass is 1340 g/mol. The molecule has 1 N–H and O–H groups in total. The molecule has 9 heteroatoms. The number of aliphatic carboxylic acids is 1. The topological polar surface area (TPSA) is 108 Å². The molecule has 0 aliphatic carbocycles. The largest absolute Gasteiger partial charge is 0.477 e. The highest BCUT2D eigenvalue weighted by Gasteiger charge is 2.25. The first-order valence-corrected chi connectivity index (χ1v) is 42.9. The molecule has 564 valence electrons. The minimum absolute atomic E-state index is 0.172. The number of nitrogens with zero attached hydrogens (tertiary/aromatic N) is 1. The molecule has 95 heavy (non-hydrogen) atoms. The number of likely N-dealkylation sites (N-methyl/N-ethyl adjacent to an activating group) is 1. The standard InChI is InChI=1S/C86H167NO8/c1-6-8-10-12-14-16-18-20-22-24-26-28-30-32-34-36-38-40-41-42-43-45-47-49-51-53-55-57-59-61-63-65-67-69-71-73-75-77-84(89)95-82(81-94-86(85(90)91)92-79-78-87(3,4)5)80-93-83(88)76-74-72-70-68-66-64-62-60-58-56-54-52-50-48-46-44-39-37-35-33-31-29-27-25-23-21-19-17-15-13-11-9-7-2/h24,26,82,86H,6-23,25,27-81H2,1-5H3/p+1/b26-24-. The predicted molar refractivity (Wildman–Crippen MR) is 411 cm³/mol. The number of hydrogen-bond donors (Lipinski definition) is 1. The molecule has 0 radical (unpaired) electrons. The van der Waals surface area contributed by atoms with Crippen LogP contribution in [-0.4, -0.2) is 87.4 Å². The number of esters is 2. The quantitative estimate of drug-likeness (QED) is 0.0211. The van der Waals surface area contributed by atoms with Crippen LogP contribution in [0.25, 0.3) is 0 Å². The van der Waals surface area contributed by atoms with Crippen LogP contribution in [0.3, 0.4) is 0 Å². The lowest BCUT2D eigenvalue weighted by atomic mass is 10.0. The molecule has 0 saturated carbocycles. The first-order valence-electron chi connectivity index (χ1n) is 42.9.